The molecule has 9 heteroatoms. The topological polar surface area (TPSA) is 96.0 Å². The third-order valence-corrected chi connectivity index (χ3v) is 6.53. The van der Waals surface area contributed by atoms with Crippen LogP contribution in [0.2, 0.25) is 0 Å². The molecule has 2 rings (SSSR count). The third kappa shape index (κ3) is 6.71. The second-order valence-electron chi connectivity index (χ2n) is 8.15. The maximum absolute atomic E-state index is 13.5. The van der Waals surface area contributed by atoms with E-state index >= 15 is 0 Å². The number of likely N-dealkylation sites (N-methyl/N-ethyl adjacent to an activating group) is 1. The highest BCUT2D eigenvalue weighted by Crippen LogP contribution is 2.29. The van der Waals surface area contributed by atoms with E-state index in [1.807, 2.05) is 32.0 Å². The Bertz CT molecular complexity index is 1090. The molecule has 0 saturated carbocycles. The van der Waals surface area contributed by atoms with Crippen molar-refractivity contribution in [3.8, 4) is 5.75 Å². The van der Waals surface area contributed by atoms with Crippen molar-refractivity contribution in [3.63, 3.8) is 0 Å². The lowest BCUT2D eigenvalue weighted by Crippen LogP contribution is -2.50. The highest BCUT2D eigenvalue weighted by atomic mass is 32.2. The maximum atomic E-state index is 13.5. The normalized spacial score (nSPS) is 12.2. The number of hydrogen-bond donors (Lipinski definition) is 1. The minimum Gasteiger partial charge on any atom is -0.497 e. The first-order chi connectivity index (χ1) is 15.5. The third-order valence-electron chi connectivity index (χ3n) is 5.41. The van der Waals surface area contributed by atoms with Crippen LogP contribution >= 0.6 is 0 Å². The smallest absolute Gasteiger partial charge is 0.244 e. The Balaban J connectivity index is 2.46. The maximum Gasteiger partial charge on any atom is 0.244 e. The second kappa shape index (κ2) is 11.2. The molecule has 0 aliphatic heterocycles. The SMILES string of the molecule is CNC(=O)[C@@H](C)N(Cc1cccc(OC)c1)C(=O)CN(c1ccccc1C(C)C)S(C)(=O)=O. The zero-order valence-electron chi connectivity index (χ0n) is 20.0. The zero-order chi connectivity index (χ0) is 24.8. The van der Waals surface area contributed by atoms with Crippen LogP contribution in [0.4, 0.5) is 5.69 Å². The number of carbonyl (C=O) groups is 2. The van der Waals surface area contributed by atoms with Crippen molar-refractivity contribution >= 4 is 27.5 Å². The Kier molecular flexibility index (Phi) is 8.87. The summed E-state index contributed by atoms with van der Waals surface area (Å²) < 4.78 is 31.8. The lowest BCUT2D eigenvalue weighted by Gasteiger charge is -2.32. The number of nitrogens with one attached hydrogen (secondary N) is 1. The zero-order valence-corrected chi connectivity index (χ0v) is 20.8. The van der Waals surface area contributed by atoms with Gasteiger partial charge in [0.2, 0.25) is 21.8 Å². The fraction of sp³-hybridized carbons (Fsp3) is 0.417. The summed E-state index contributed by atoms with van der Waals surface area (Å²) in [6.07, 6.45) is 1.08. The highest BCUT2D eigenvalue weighted by molar-refractivity contribution is 7.92. The Labute approximate surface area is 196 Å². The van der Waals surface area contributed by atoms with Crippen molar-refractivity contribution < 1.29 is 22.7 Å². The number of anilines is 1. The van der Waals surface area contributed by atoms with E-state index in [1.165, 1.54) is 11.9 Å². The van der Waals surface area contributed by atoms with Crippen LogP contribution in [0.3, 0.4) is 0 Å². The summed E-state index contributed by atoms with van der Waals surface area (Å²) in [4.78, 5) is 27.3. The molecule has 2 aromatic rings. The number of ether oxygens (including phenoxy) is 1. The number of para-hydroxylation sites is 1. The molecule has 0 bridgehead atoms. The van der Waals surface area contributed by atoms with Crippen molar-refractivity contribution in [1.29, 1.82) is 0 Å². The van der Waals surface area contributed by atoms with Crippen molar-refractivity contribution in [3.05, 3.63) is 59.7 Å². The largest absolute Gasteiger partial charge is 0.497 e. The van der Waals surface area contributed by atoms with Gasteiger partial charge >= 0.3 is 0 Å². The average molecular weight is 476 g/mol. The van der Waals surface area contributed by atoms with E-state index in [0.29, 0.717) is 11.4 Å². The Hall–Kier alpha value is -3.07. The molecule has 0 spiro atoms. The number of methoxy groups -OCH3 is 1. The summed E-state index contributed by atoms with van der Waals surface area (Å²) in [5, 5.41) is 2.56. The fourth-order valence-corrected chi connectivity index (χ4v) is 4.43. The highest BCUT2D eigenvalue weighted by Gasteiger charge is 2.30. The summed E-state index contributed by atoms with van der Waals surface area (Å²) in [5.74, 6) is -0.160. The Morgan fingerprint density at radius 3 is 2.30 bits per heavy atom. The van der Waals surface area contributed by atoms with Crippen LogP contribution in [0, 0.1) is 0 Å². The number of benzene rings is 2. The first-order valence-corrected chi connectivity index (χ1v) is 12.5. The van der Waals surface area contributed by atoms with E-state index in [2.05, 4.69) is 5.32 Å². The van der Waals surface area contributed by atoms with Gasteiger partial charge in [0.1, 0.15) is 18.3 Å². The number of amides is 2. The molecule has 8 nitrogen and oxygen atoms in total. The van der Waals surface area contributed by atoms with E-state index in [1.54, 1.807) is 44.4 Å². The number of rotatable bonds is 10. The van der Waals surface area contributed by atoms with Crippen molar-refractivity contribution in [2.45, 2.75) is 39.3 Å². The van der Waals surface area contributed by atoms with Crippen LogP contribution in [0.25, 0.3) is 0 Å². The predicted octanol–water partition coefficient (Wildman–Crippen LogP) is 2.75. The molecule has 1 atom stereocenters. The quantitative estimate of drug-likeness (QED) is 0.570. The number of carbonyl (C=O) groups excluding carboxylic acids is 2. The van der Waals surface area contributed by atoms with Gasteiger partial charge in [0.25, 0.3) is 0 Å². The molecule has 2 aromatic carbocycles. The lowest BCUT2D eigenvalue weighted by molar-refractivity contribution is -0.139. The fourth-order valence-electron chi connectivity index (χ4n) is 3.56. The molecule has 0 saturated heterocycles. The Morgan fingerprint density at radius 2 is 1.73 bits per heavy atom. The predicted molar refractivity (Wildman–Crippen MR) is 130 cm³/mol. The van der Waals surface area contributed by atoms with Gasteiger partial charge in [-0.15, -0.1) is 0 Å². The average Bonchev–Trinajstić information content (AvgIpc) is 2.79. The summed E-state index contributed by atoms with van der Waals surface area (Å²) in [6, 6.07) is 13.5. The molecule has 0 unspecified atom stereocenters. The van der Waals surface area contributed by atoms with Crippen LogP contribution in [0.5, 0.6) is 5.75 Å². The minimum atomic E-state index is -3.77. The van der Waals surface area contributed by atoms with Crippen LogP contribution in [0.15, 0.2) is 48.5 Å². The van der Waals surface area contributed by atoms with Crippen LogP contribution in [-0.2, 0) is 26.2 Å². The van der Waals surface area contributed by atoms with E-state index in [4.69, 9.17) is 4.74 Å². The van der Waals surface area contributed by atoms with Gasteiger partial charge in [0, 0.05) is 13.6 Å². The lowest BCUT2D eigenvalue weighted by atomic mass is 10.0. The van der Waals surface area contributed by atoms with Gasteiger partial charge < -0.3 is 15.0 Å². The van der Waals surface area contributed by atoms with E-state index in [0.717, 1.165) is 21.7 Å². The number of nitrogens with zero attached hydrogens (tertiary/aromatic N) is 2. The number of hydrogen-bond acceptors (Lipinski definition) is 5. The van der Waals surface area contributed by atoms with Crippen LogP contribution in [-0.4, -0.2) is 58.1 Å². The molecule has 0 radical (unpaired) electrons. The molecule has 1 N–H and O–H groups in total. The van der Waals surface area contributed by atoms with Crippen molar-refractivity contribution in [1.82, 2.24) is 10.2 Å². The molecular formula is C24H33N3O5S. The molecule has 0 aliphatic carbocycles. The van der Waals surface area contributed by atoms with Gasteiger partial charge in [0.15, 0.2) is 0 Å². The van der Waals surface area contributed by atoms with E-state index in [9.17, 15) is 18.0 Å². The van der Waals surface area contributed by atoms with Crippen molar-refractivity contribution in [2.75, 3.05) is 31.3 Å². The van der Waals surface area contributed by atoms with Crippen molar-refractivity contribution in [2.24, 2.45) is 0 Å². The van der Waals surface area contributed by atoms with E-state index < -0.39 is 28.5 Å². The molecule has 0 aliphatic rings. The second-order valence-corrected chi connectivity index (χ2v) is 10.1. The molecule has 0 heterocycles. The van der Waals surface area contributed by atoms with Gasteiger partial charge in [-0.3, -0.25) is 13.9 Å². The van der Waals surface area contributed by atoms with Gasteiger partial charge in [-0.05, 0) is 42.2 Å². The molecular weight excluding hydrogens is 442 g/mol. The summed E-state index contributed by atoms with van der Waals surface area (Å²) >= 11 is 0. The molecule has 0 aromatic heterocycles. The summed E-state index contributed by atoms with van der Waals surface area (Å²) in [7, 11) is -0.731. The van der Waals surface area contributed by atoms with Gasteiger partial charge in [0.05, 0.1) is 19.1 Å². The molecule has 180 valence electrons. The monoisotopic (exact) mass is 475 g/mol. The van der Waals surface area contributed by atoms with Gasteiger partial charge in [-0.2, -0.15) is 0 Å². The number of sulfonamides is 1. The molecule has 2 amide bonds. The first kappa shape index (κ1) is 26.2. The molecule has 33 heavy (non-hydrogen) atoms. The van der Waals surface area contributed by atoms with Crippen LogP contribution < -0.4 is 14.4 Å². The standard InChI is InChI=1S/C24H33N3O5S/c1-17(2)21-12-7-8-13-22(21)27(33(6,30)31)16-23(28)26(18(3)24(29)25-4)15-19-10-9-11-20(14-19)32-5/h7-14,17-18H,15-16H2,1-6H3,(H,25,29)/t18-/m1/s1. The van der Waals surface area contributed by atoms with Gasteiger partial charge in [-0.25, -0.2) is 8.42 Å². The van der Waals surface area contributed by atoms with Gasteiger partial charge in [-0.1, -0.05) is 44.2 Å². The Morgan fingerprint density at radius 1 is 1.06 bits per heavy atom. The van der Waals surface area contributed by atoms with Crippen LogP contribution in [0.1, 0.15) is 37.8 Å². The first-order valence-electron chi connectivity index (χ1n) is 10.7. The summed E-state index contributed by atoms with van der Waals surface area (Å²) in [5.41, 5.74) is 2.03. The minimum absolute atomic E-state index is 0.0539. The summed E-state index contributed by atoms with van der Waals surface area (Å²) in [6.45, 7) is 5.24. The van der Waals surface area contributed by atoms with E-state index in [-0.39, 0.29) is 18.4 Å². The molecule has 0 fully saturated rings.